The summed E-state index contributed by atoms with van der Waals surface area (Å²) >= 11 is 7.19. The van der Waals surface area contributed by atoms with E-state index in [9.17, 15) is 4.79 Å². The van der Waals surface area contributed by atoms with E-state index < -0.39 is 0 Å². The number of hydrogen-bond acceptors (Lipinski definition) is 4. The maximum Gasteiger partial charge on any atom is 0.255 e. The predicted molar refractivity (Wildman–Crippen MR) is 56.8 cm³/mol. The molecule has 0 fully saturated rings. The molecule has 0 radical (unpaired) electrons. The summed E-state index contributed by atoms with van der Waals surface area (Å²) in [4.78, 5) is 19.3. The van der Waals surface area contributed by atoms with Crippen LogP contribution in [0.4, 0.5) is 0 Å². The van der Waals surface area contributed by atoms with Crippen molar-refractivity contribution in [2.45, 2.75) is 12.1 Å². The minimum absolute atomic E-state index is 0.190. The Balaban J connectivity index is 2.94. The lowest BCUT2D eigenvalue weighted by Gasteiger charge is -2.03. The summed E-state index contributed by atoms with van der Waals surface area (Å²) in [5.74, 6) is -0.245. The number of aromatic nitrogens is 2. The number of carbonyl (C=O) groups is 1. The molecule has 0 atom stereocenters. The first-order valence-electron chi connectivity index (χ1n) is 4.03. The summed E-state index contributed by atoms with van der Waals surface area (Å²) in [7, 11) is 0. The first-order valence-corrected chi connectivity index (χ1v) is 5.64. The van der Waals surface area contributed by atoms with E-state index >= 15 is 0 Å². The molecule has 1 rings (SSSR count). The highest BCUT2D eigenvalue weighted by atomic mass is 35.5. The van der Waals surface area contributed by atoms with Crippen LogP contribution in [0.25, 0.3) is 0 Å². The standard InChI is InChI=1S/C8H10ClN3OS/c1-3-10-7(13)5-4-11-8(14-2)12-6(5)9/h4H,3H2,1-2H3,(H,10,13). The maximum atomic E-state index is 11.4. The van der Waals surface area contributed by atoms with Gasteiger partial charge in [0.05, 0.1) is 5.56 Å². The summed E-state index contributed by atoms with van der Waals surface area (Å²) in [5.41, 5.74) is 0.311. The average Bonchev–Trinajstić information content (AvgIpc) is 2.17. The Morgan fingerprint density at radius 2 is 2.43 bits per heavy atom. The second kappa shape index (κ2) is 5.17. The van der Waals surface area contributed by atoms with E-state index in [-0.39, 0.29) is 11.1 Å². The molecule has 0 saturated carbocycles. The molecule has 1 heterocycles. The van der Waals surface area contributed by atoms with Gasteiger partial charge in [-0.25, -0.2) is 9.97 Å². The number of rotatable bonds is 3. The fourth-order valence-electron chi connectivity index (χ4n) is 0.853. The average molecular weight is 232 g/mol. The van der Waals surface area contributed by atoms with E-state index in [1.54, 1.807) is 0 Å². The molecular formula is C8H10ClN3OS. The van der Waals surface area contributed by atoms with Crippen LogP contribution in [-0.4, -0.2) is 28.7 Å². The molecule has 0 saturated heterocycles. The van der Waals surface area contributed by atoms with E-state index in [0.717, 1.165) is 0 Å². The van der Waals surface area contributed by atoms with Gasteiger partial charge in [0.2, 0.25) is 0 Å². The number of halogens is 1. The Morgan fingerprint density at radius 3 is 2.93 bits per heavy atom. The van der Waals surface area contributed by atoms with Gasteiger partial charge >= 0.3 is 0 Å². The minimum Gasteiger partial charge on any atom is -0.352 e. The number of nitrogens with one attached hydrogen (secondary N) is 1. The van der Waals surface area contributed by atoms with E-state index in [4.69, 9.17) is 11.6 Å². The first-order chi connectivity index (χ1) is 6.69. The van der Waals surface area contributed by atoms with Gasteiger partial charge in [-0.1, -0.05) is 23.4 Å². The van der Waals surface area contributed by atoms with Gasteiger partial charge in [0, 0.05) is 12.7 Å². The molecule has 6 heteroatoms. The zero-order valence-electron chi connectivity index (χ0n) is 7.87. The quantitative estimate of drug-likeness (QED) is 0.488. The summed E-state index contributed by atoms with van der Waals surface area (Å²) < 4.78 is 0. The van der Waals surface area contributed by atoms with E-state index in [2.05, 4.69) is 15.3 Å². The van der Waals surface area contributed by atoms with Crippen molar-refractivity contribution in [3.63, 3.8) is 0 Å². The van der Waals surface area contributed by atoms with Gasteiger partial charge in [0.25, 0.3) is 5.91 Å². The van der Waals surface area contributed by atoms with Crippen molar-refractivity contribution >= 4 is 29.3 Å². The number of hydrogen-bond donors (Lipinski definition) is 1. The zero-order chi connectivity index (χ0) is 10.6. The molecule has 1 aromatic rings. The Bertz CT molecular complexity index is 345. The topological polar surface area (TPSA) is 54.9 Å². The molecule has 14 heavy (non-hydrogen) atoms. The lowest BCUT2D eigenvalue weighted by molar-refractivity contribution is 0.0955. The third kappa shape index (κ3) is 2.59. The maximum absolute atomic E-state index is 11.4. The van der Waals surface area contributed by atoms with Crippen LogP contribution >= 0.6 is 23.4 Å². The summed E-state index contributed by atoms with van der Waals surface area (Å²) in [6.45, 7) is 2.39. The zero-order valence-corrected chi connectivity index (χ0v) is 9.45. The molecule has 0 aliphatic rings. The molecule has 1 N–H and O–H groups in total. The predicted octanol–water partition coefficient (Wildman–Crippen LogP) is 1.60. The molecule has 4 nitrogen and oxygen atoms in total. The summed E-state index contributed by atoms with van der Waals surface area (Å²) in [6, 6.07) is 0. The largest absolute Gasteiger partial charge is 0.352 e. The van der Waals surface area contributed by atoms with Crippen LogP contribution in [0.15, 0.2) is 11.4 Å². The van der Waals surface area contributed by atoms with Crippen LogP contribution < -0.4 is 5.32 Å². The molecule has 0 spiro atoms. The highest BCUT2D eigenvalue weighted by Crippen LogP contribution is 2.16. The van der Waals surface area contributed by atoms with Crippen molar-refractivity contribution in [1.82, 2.24) is 15.3 Å². The van der Waals surface area contributed by atoms with E-state index in [1.807, 2.05) is 13.2 Å². The SMILES string of the molecule is CCNC(=O)c1cnc(SC)nc1Cl. The van der Waals surface area contributed by atoms with Crippen LogP contribution in [0.2, 0.25) is 5.15 Å². The Hall–Kier alpha value is -0.810. The van der Waals surface area contributed by atoms with Crippen LogP contribution in [0, 0.1) is 0 Å². The van der Waals surface area contributed by atoms with Gasteiger partial charge < -0.3 is 5.32 Å². The Labute approximate surface area is 91.5 Å². The van der Waals surface area contributed by atoms with Crippen LogP contribution in [-0.2, 0) is 0 Å². The smallest absolute Gasteiger partial charge is 0.255 e. The van der Waals surface area contributed by atoms with Gasteiger partial charge in [0.15, 0.2) is 5.16 Å². The molecular weight excluding hydrogens is 222 g/mol. The van der Waals surface area contributed by atoms with Gasteiger partial charge in [0.1, 0.15) is 5.15 Å². The Morgan fingerprint density at radius 1 is 1.71 bits per heavy atom. The van der Waals surface area contributed by atoms with Crippen molar-refractivity contribution in [2.75, 3.05) is 12.8 Å². The summed E-state index contributed by atoms with van der Waals surface area (Å²) in [5, 5.41) is 3.38. The first kappa shape index (κ1) is 11.3. The number of nitrogens with zero attached hydrogens (tertiary/aromatic N) is 2. The van der Waals surface area contributed by atoms with Crippen molar-refractivity contribution in [2.24, 2.45) is 0 Å². The third-order valence-corrected chi connectivity index (χ3v) is 2.33. The highest BCUT2D eigenvalue weighted by Gasteiger charge is 2.11. The third-order valence-electron chi connectivity index (χ3n) is 1.48. The monoisotopic (exact) mass is 231 g/mol. The van der Waals surface area contributed by atoms with Gasteiger partial charge in [-0.15, -0.1) is 0 Å². The van der Waals surface area contributed by atoms with Crippen molar-refractivity contribution in [1.29, 1.82) is 0 Å². The van der Waals surface area contributed by atoms with Crippen LogP contribution in [0.5, 0.6) is 0 Å². The number of carbonyl (C=O) groups excluding carboxylic acids is 1. The normalized spacial score (nSPS) is 9.93. The van der Waals surface area contributed by atoms with Gasteiger partial charge in [-0.05, 0) is 13.2 Å². The van der Waals surface area contributed by atoms with Gasteiger partial charge in [-0.3, -0.25) is 4.79 Å². The highest BCUT2D eigenvalue weighted by molar-refractivity contribution is 7.98. The summed E-state index contributed by atoms with van der Waals surface area (Å²) in [6.07, 6.45) is 3.28. The molecule has 76 valence electrons. The second-order valence-corrected chi connectivity index (χ2v) is 3.55. The van der Waals surface area contributed by atoms with E-state index in [1.165, 1.54) is 18.0 Å². The fourth-order valence-corrected chi connectivity index (χ4v) is 1.46. The minimum atomic E-state index is -0.245. The van der Waals surface area contributed by atoms with E-state index in [0.29, 0.717) is 17.3 Å². The van der Waals surface area contributed by atoms with Gasteiger partial charge in [-0.2, -0.15) is 0 Å². The number of thioether (sulfide) groups is 1. The number of amides is 1. The lowest BCUT2D eigenvalue weighted by atomic mass is 10.3. The molecule has 0 aromatic carbocycles. The van der Waals surface area contributed by atoms with Crippen molar-refractivity contribution < 1.29 is 4.79 Å². The fraction of sp³-hybridized carbons (Fsp3) is 0.375. The molecule has 1 aromatic heterocycles. The van der Waals surface area contributed by atoms with Crippen LogP contribution in [0.1, 0.15) is 17.3 Å². The van der Waals surface area contributed by atoms with Crippen molar-refractivity contribution in [3.05, 3.63) is 16.9 Å². The molecule has 0 unspecified atom stereocenters. The van der Waals surface area contributed by atoms with Crippen LogP contribution in [0.3, 0.4) is 0 Å². The lowest BCUT2D eigenvalue weighted by Crippen LogP contribution is -2.23. The molecule has 0 aliphatic carbocycles. The molecule has 0 aliphatic heterocycles. The molecule has 1 amide bonds. The van der Waals surface area contributed by atoms with Crippen molar-refractivity contribution in [3.8, 4) is 0 Å². The second-order valence-electron chi connectivity index (χ2n) is 2.42. The molecule has 0 bridgehead atoms. The Kier molecular flexibility index (Phi) is 4.16.